The molecule has 27 heavy (non-hydrogen) atoms. The molecule has 3 rings (SSSR count). The molecule has 2 aliphatic rings. The van der Waals surface area contributed by atoms with Gasteiger partial charge in [-0.15, -0.1) is 4.68 Å². The Bertz CT molecular complexity index is 936. The van der Waals surface area contributed by atoms with Crippen LogP contribution in [0.2, 0.25) is 0 Å². The number of aliphatic hydroxyl groups excluding tert-OH is 1. The lowest BCUT2D eigenvalue weighted by Gasteiger charge is -2.19. The number of aliphatic hydroxyl groups is 1. The van der Waals surface area contributed by atoms with Gasteiger partial charge in [0.1, 0.15) is 12.3 Å². The summed E-state index contributed by atoms with van der Waals surface area (Å²) in [4.78, 5) is 6.51. The van der Waals surface area contributed by atoms with Crippen LogP contribution in [0.3, 0.4) is 0 Å². The van der Waals surface area contributed by atoms with Gasteiger partial charge in [-0.2, -0.15) is 0 Å². The number of nitrogens with zero attached hydrogens (tertiary/aromatic N) is 4. The van der Waals surface area contributed by atoms with Crippen molar-refractivity contribution in [3.05, 3.63) is 18.2 Å². The van der Waals surface area contributed by atoms with E-state index in [0.29, 0.717) is 42.4 Å². The van der Waals surface area contributed by atoms with Gasteiger partial charge in [-0.25, -0.2) is 13.4 Å². The van der Waals surface area contributed by atoms with E-state index in [4.69, 9.17) is 5.73 Å². The third-order valence-electron chi connectivity index (χ3n) is 4.35. The first-order valence-electron chi connectivity index (χ1n) is 8.73. The van der Waals surface area contributed by atoms with Gasteiger partial charge in [-0.1, -0.05) is 5.10 Å². The number of β-amino-alcohol motifs (C(OH)–C–C–N with tert-alkyl or cyclic N) is 1. The van der Waals surface area contributed by atoms with Crippen LogP contribution in [0.5, 0.6) is 0 Å². The van der Waals surface area contributed by atoms with E-state index in [2.05, 4.69) is 14.8 Å². The van der Waals surface area contributed by atoms with Gasteiger partial charge in [0.25, 0.3) is 0 Å². The average molecular weight is 393 g/mol. The van der Waals surface area contributed by atoms with Crippen molar-refractivity contribution >= 4 is 44.8 Å². The van der Waals surface area contributed by atoms with Crippen LogP contribution >= 0.6 is 0 Å². The van der Waals surface area contributed by atoms with Crippen molar-refractivity contribution in [2.24, 2.45) is 15.8 Å². The lowest BCUT2D eigenvalue weighted by atomic mass is 10.2. The number of hydrogen-bond donors (Lipinski definition) is 3. The normalized spacial score (nSPS) is 21.7. The molecule has 0 saturated carbocycles. The van der Waals surface area contributed by atoms with E-state index in [9.17, 15) is 13.5 Å². The maximum Gasteiger partial charge on any atom is 0.321 e. The quantitative estimate of drug-likeness (QED) is 0.628. The van der Waals surface area contributed by atoms with E-state index in [1.165, 1.54) is 0 Å². The number of nitrogens with one attached hydrogen (secondary N) is 1. The molecule has 9 nitrogen and oxygen atoms in total. The summed E-state index contributed by atoms with van der Waals surface area (Å²) in [6.45, 7) is 5.15. The first-order valence-corrected chi connectivity index (χ1v) is 10.6. The standard InChI is InChI=1S/C17H24N6O3S/c1-11(2)23-17(18)16(9-19-23)20-14-5-4-12(22-7-6-13(24)10-22)8-15(14)21-27(3,25)26/h4-5,8-9,11,13,24H,6-7,10H2,1-3H3,(H2,18,19,21)/p+1. The van der Waals surface area contributed by atoms with E-state index in [-0.39, 0.29) is 12.1 Å². The maximum absolute atomic E-state index is 11.8. The summed E-state index contributed by atoms with van der Waals surface area (Å²) in [5, 5.41) is 14.0. The molecule has 1 aromatic carbocycles. The molecule has 146 valence electrons. The molecular formula is C17H25N6O3S+. The molecule has 0 amide bonds. The second kappa shape index (κ2) is 7.28. The molecule has 0 spiro atoms. The van der Waals surface area contributed by atoms with E-state index in [1.807, 2.05) is 24.8 Å². The predicted molar refractivity (Wildman–Crippen MR) is 108 cm³/mol. The first-order chi connectivity index (χ1) is 12.6. The molecule has 1 aromatic rings. The minimum absolute atomic E-state index is 0.0894. The molecule has 1 saturated heterocycles. The predicted octanol–water partition coefficient (Wildman–Crippen LogP) is 0.479. The van der Waals surface area contributed by atoms with Crippen LogP contribution < -0.4 is 15.4 Å². The molecule has 4 N–H and O–H groups in total. The third-order valence-corrected chi connectivity index (χ3v) is 4.94. The molecule has 2 heterocycles. The van der Waals surface area contributed by atoms with Gasteiger partial charge < -0.3 is 10.0 Å². The van der Waals surface area contributed by atoms with Gasteiger partial charge in [0.2, 0.25) is 10.0 Å². The fourth-order valence-corrected chi connectivity index (χ4v) is 3.63. The minimum Gasteiger partial charge on any atom is -0.391 e. The Hall–Kier alpha value is -2.46. The Morgan fingerprint density at radius 2 is 2.19 bits per heavy atom. The van der Waals surface area contributed by atoms with Gasteiger partial charge in [0.05, 0.1) is 23.7 Å². The summed E-state index contributed by atoms with van der Waals surface area (Å²) in [5.74, 6) is 0.419. The highest BCUT2D eigenvalue weighted by molar-refractivity contribution is 7.92. The van der Waals surface area contributed by atoms with Gasteiger partial charge in [-0.3, -0.25) is 10.5 Å². The van der Waals surface area contributed by atoms with Crippen LogP contribution in [-0.4, -0.2) is 67.5 Å². The highest BCUT2D eigenvalue weighted by atomic mass is 32.2. The van der Waals surface area contributed by atoms with E-state index >= 15 is 0 Å². The van der Waals surface area contributed by atoms with Crippen molar-refractivity contribution < 1.29 is 18.2 Å². The topological polar surface area (TPSA) is 123 Å². The van der Waals surface area contributed by atoms with Crippen LogP contribution in [0.1, 0.15) is 20.3 Å². The lowest BCUT2D eigenvalue weighted by Crippen LogP contribution is -2.31. The van der Waals surface area contributed by atoms with Crippen molar-refractivity contribution in [1.29, 1.82) is 0 Å². The molecule has 0 bridgehead atoms. The highest BCUT2D eigenvalue weighted by Gasteiger charge is 2.25. The number of anilines is 2. The summed E-state index contributed by atoms with van der Waals surface area (Å²) >= 11 is 0. The Morgan fingerprint density at radius 3 is 2.74 bits per heavy atom. The Balaban J connectivity index is 2.00. The zero-order valence-corrected chi connectivity index (χ0v) is 16.4. The van der Waals surface area contributed by atoms with Gasteiger partial charge in [0.15, 0.2) is 5.71 Å². The van der Waals surface area contributed by atoms with Gasteiger partial charge in [-0.05, 0) is 38.5 Å². The molecule has 1 atom stereocenters. The molecule has 1 fully saturated rings. The zero-order valence-electron chi connectivity index (χ0n) is 15.6. The molecule has 0 radical (unpaired) electrons. The fourth-order valence-electron chi connectivity index (χ4n) is 3.07. The van der Waals surface area contributed by atoms with Crippen molar-refractivity contribution in [2.75, 3.05) is 29.0 Å². The summed E-state index contributed by atoms with van der Waals surface area (Å²) in [6.07, 6.45) is 2.96. The lowest BCUT2D eigenvalue weighted by molar-refractivity contribution is -0.560. The number of aliphatic imine (C=N–C) groups is 1. The number of amidine groups is 1. The SMILES string of the molecule is CC(C)[N+]1=C(N)C(=Nc2ccc(N3CCC(O)C3)cc2NS(C)(=O)=O)C=N1. The minimum atomic E-state index is -3.49. The number of sulfonamides is 1. The van der Waals surface area contributed by atoms with Crippen molar-refractivity contribution in [2.45, 2.75) is 32.4 Å². The Morgan fingerprint density at radius 1 is 1.44 bits per heavy atom. The maximum atomic E-state index is 11.8. The third kappa shape index (κ3) is 4.45. The Labute approximate surface area is 159 Å². The van der Waals surface area contributed by atoms with Crippen LogP contribution in [0, 0.1) is 0 Å². The molecule has 10 heteroatoms. The zero-order chi connectivity index (χ0) is 19.8. The highest BCUT2D eigenvalue weighted by Crippen LogP contribution is 2.32. The van der Waals surface area contributed by atoms with Crippen LogP contribution in [0.4, 0.5) is 17.1 Å². The number of rotatable bonds is 5. The van der Waals surface area contributed by atoms with E-state index in [0.717, 1.165) is 11.9 Å². The molecule has 0 aromatic heterocycles. The number of hydrazone groups is 1. The van der Waals surface area contributed by atoms with Crippen LogP contribution in [-0.2, 0) is 10.0 Å². The second-order valence-electron chi connectivity index (χ2n) is 7.03. The number of nitrogens with two attached hydrogens (primary N) is 1. The summed E-state index contributed by atoms with van der Waals surface area (Å²) < 4.78 is 27.8. The Kier molecular flexibility index (Phi) is 5.20. The molecule has 1 unspecified atom stereocenters. The summed E-state index contributed by atoms with van der Waals surface area (Å²) in [6, 6.07) is 5.40. The van der Waals surface area contributed by atoms with Gasteiger partial charge >= 0.3 is 5.84 Å². The van der Waals surface area contributed by atoms with Crippen LogP contribution in [0.25, 0.3) is 0 Å². The number of hydrogen-bond acceptors (Lipinski definition) is 7. The number of benzene rings is 1. The van der Waals surface area contributed by atoms with E-state index < -0.39 is 10.0 Å². The van der Waals surface area contributed by atoms with E-state index in [1.54, 1.807) is 23.0 Å². The first kappa shape index (κ1) is 19.3. The smallest absolute Gasteiger partial charge is 0.321 e. The van der Waals surface area contributed by atoms with Crippen molar-refractivity contribution in [3.8, 4) is 0 Å². The summed E-state index contributed by atoms with van der Waals surface area (Å²) in [7, 11) is -3.49. The second-order valence-corrected chi connectivity index (χ2v) is 8.78. The van der Waals surface area contributed by atoms with Gasteiger partial charge in [0, 0.05) is 18.8 Å². The van der Waals surface area contributed by atoms with Crippen molar-refractivity contribution in [3.63, 3.8) is 0 Å². The average Bonchev–Trinajstić information content (AvgIpc) is 3.14. The molecule has 0 aliphatic carbocycles. The largest absolute Gasteiger partial charge is 0.391 e. The monoisotopic (exact) mass is 393 g/mol. The molecular weight excluding hydrogens is 368 g/mol. The fraction of sp³-hybridized carbons (Fsp3) is 0.471. The van der Waals surface area contributed by atoms with Crippen LogP contribution in [0.15, 0.2) is 28.3 Å². The summed E-state index contributed by atoms with van der Waals surface area (Å²) in [5.41, 5.74) is 8.20. The van der Waals surface area contributed by atoms with Crippen molar-refractivity contribution in [1.82, 2.24) is 0 Å². The molecule has 2 aliphatic heterocycles.